The molecule has 0 aliphatic carbocycles. The van der Waals surface area contributed by atoms with Crippen LogP contribution in [-0.4, -0.2) is 5.97 Å². The van der Waals surface area contributed by atoms with Gasteiger partial charge in [-0.25, -0.2) is 0 Å². The van der Waals surface area contributed by atoms with E-state index in [1.165, 1.54) is 6.92 Å². The number of hydrogen-bond donors (Lipinski definition) is 0. The number of halogens is 1. The van der Waals surface area contributed by atoms with Gasteiger partial charge in [-0.1, -0.05) is 6.07 Å². The minimum absolute atomic E-state index is 0.322. The zero-order valence-electron chi connectivity index (χ0n) is 5.93. The first kappa shape index (κ1) is 8.27. The maximum Gasteiger partial charge on any atom is 0.308 e. The van der Waals surface area contributed by atoms with Crippen LogP contribution in [0.25, 0.3) is 0 Å². The number of esters is 1. The number of carbonyl (C=O) groups is 1. The monoisotopic (exact) mass is 213 g/mol. The minimum atomic E-state index is -0.322. The Morgan fingerprint density at radius 1 is 1.73 bits per heavy atom. The van der Waals surface area contributed by atoms with Gasteiger partial charge in [0.15, 0.2) is 0 Å². The van der Waals surface area contributed by atoms with Crippen molar-refractivity contribution in [1.29, 1.82) is 0 Å². The lowest BCUT2D eigenvalue weighted by Crippen LogP contribution is -2.01. The second kappa shape index (κ2) is 3.53. The zero-order valence-corrected chi connectivity index (χ0v) is 7.51. The highest BCUT2D eigenvalue weighted by Crippen LogP contribution is 2.23. The number of benzene rings is 1. The molecule has 0 unspecified atom stereocenters. The highest BCUT2D eigenvalue weighted by molar-refractivity contribution is 9.10. The molecule has 0 saturated carbocycles. The fourth-order valence-electron chi connectivity index (χ4n) is 0.633. The first-order chi connectivity index (χ1) is 5.20. The summed E-state index contributed by atoms with van der Waals surface area (Å²) in [6.45, 7) is 1.36. The molecule has 0 aromatic heterocycles. The van der Waals surface area contributed by atoms with E-state index in [9.17, 15) is 4.79 Å². The smallest absolute Gasteiger partial charge is 0.308 e. The van der Waals surface area contributed by atoms with Crippen LogP contribution in [0.1, 0.15) is 6.92 Å². The molecule has 1 aromatic carbocycles. The Bertz CT molecular complexity index is 271. The van der Waals surface area contributed by atoms with Gasteiger partial charge in [-0.2, -0.15) is 0 Å². The average Bonchev–Trinajstić information content (AvgIpc) is 1.93. The van der Waals surface area contributed by atoms with E-state index in [2.05, 4.69) is 22.0 Å². The van der Waals surface area contributed by atoms with Crippen LogP contribution in [-0.2, 0) is 4.79 Å². The van der Waals surface area contributed by atoms with Gasteiger partial charge >= 0.3 is 5.97 Å². The second-order valence-corrected chi connectivity index (χ2v) is 2.80. The molecule has 0 saturated heterocycles. The molecule has 11 heavy (non-hydrogen) atoms. The molecular formula is C8H6BrO2. The lowest BCUT2D eigenvalue weighted by molar-refractivity contribution is -0.131. The van der Waals surface area contributed by atoms with Gasteiger partial charge in [-0.15, -0.1) is 0 Å². The molecule has 1 aromatic rings. The van der Waals surface area contributed by atoms with Gasteiger partial charge in [0.1, 0.15) is 5.75 Å². The molecule has 57 valence electrons. The van der Waals surface area contributed by atoms with Crippen molar-refractivity contribution in [3.05, 3.63) is 28.7 Å². The highest BCUT2D eigenvalue weighted by Gasteiger charge is 2.00. The van der Waals surface area contributed by atoms with Crippen molar-refractivity contribution in [2.24, 2.45) is 0 Å². The summed E-state index contributed by atoms with van der Waals surface area (Å²) in [7, 11) is 0. The third kappa shape index (κ3) is 2.35. The van der Waals surface area contributed by atoms with Crippen molar-refractivity contribution in [2.75, 3.05) is 0 Å². The predicted octanol–water partition coefficient (Wildman–Crippen LogP) is 2.17. The van der Waals surface area contributed by atoms with Crippen molar-refractivity contribution in [3.8, 4) is 5.75 Å². The lowest BCUT2D eigenvalue weighted by atomic mass is 10.3. The maximum absolute atomic E-state index is 10.5. The van der Waals surface area contributed by atoms with E-state index < -0.39 is 0 Å². The summed E-state index contributed by atoms with van der Waals surface area (Å²) in [5.74, 6) is 0.202. The van der Waals surface area contributed by atoms with E-state index in [0.29, 0.717) is 5.75 Å². The number of rotatable bonds is 1. The average molecular weight is 214 g/mol. The van der Waals surface area contributed by atoms with Gasteiger partial charge in [0.05, 0.1) is 4.47 Å². The molecule has 0 amide bonds. The molecule has 0 bridgehead atoms. The third-order valence-corrected chi connectivity index (χ3v) is 1.65. The van der Waals surface area contributed by atoms with E-state index in [4.69, 9.17) is 4.74 Å². The molecule has 0 N–H and O–H groups in total. The molecule has 0 spiro atoms. The van der Waals surface area contributed by atoms with Crippen molar-refractivity contribution >= 4 is 21.9 Å². The van der Waals surface area contributed by atoms with Crippen molar-refractivity contribution in [1.82, 2.24) is 0 Å². The summed E-state index contributed by atoms with van der Waals surface area (Å²) in [5, 5.41) is 0. The molecule has 2 nitrogen and oxygen atoms in total. The zero-order chi connectivity index (χ0) is 8.27. The van der Waals surface area contributed by atoms with Gasteiger partial charge in [0.2, 0.25) is 0 Å². The Morgan fingerprint density at radius 2 is 2.45 bits per heavy atom. The summed E-state index contributed by atoms with van der Waals surface area (Å²) in [6.07, 6.45) is 0. The Balaban J connectivity index is 2.86. The molecule has 1 rings (SSSR count). The van der Waals surface area contributed by atoms with Gasteiger partial charge in [0.25, 0.3) is 0 Å². The van der Waals surface area contributed by atoms with Crippen LogP contribution in [0.15, 0.2) is 22.7 Å². The summed E-state index contributed by atoms with van der Waals surface area (Å²) < 4.78 is 5.57. The number of ether oxygens (including phenoxy) is 1. The first-order valence-corrected chi connectivity index (χ1v) is 3.83. The van der Waals surface area contributed by atoms with Crippen LogP contribution in [0.5, 0.6) is 5.75 Å². The van der Waals surface area contributed by atoms with Crippen molar-refractivity contribution in [3.63, 3.8) is 0 Å². The van der Waals surface area contributed by atoms with Crippen LogP contribution < -0.4 is 4.74 Å². The Labute approximate surface area is 73.3 Å². The van der Waals surface area contributed by atoms with E-state index in [1.807, 2.05) is 0 Å². The van der Waals surface area contributed by atoms with Crippen molar-refractivity contribution < 1.29 is 9.53 Å². The molecule has 0 atom stereocenters. The largest absolute Gasteiger partial charge is 0.426 e. The first-order valence-electron chi connectivity index (χ1n) is 3.04. The van der Waals surface area contributed by atoms with E-state index in [-0.39, 0.29) is 5.97 Å². The van der Waals surface area contributed by atoms with Gasteiger partial charge < -0.3 is 4.74 Å². The summed E-state index contributed by atoms with van der Waals surface area (Å²) in [5.41, 5.74) is 0. The van der Waals surface area contributed by atoms with Gasteiger partial charge in [-0.05, 0) is 34.1 Å². The lowest BCUT2D eigenvalue weighted by Gasteiger charge is -2.01. The van der Waals surface area contributed by atoms with E-state index >= 15 is 0 Å². The van der Waals surface area contributed by atoms with Crippen LogP contribution in [0.2, 0.25) is 0 Å². The summed E-state index contributed by atoms with van der Waals surface area (Å²) in [4.78, 5) is 10.5. The highest BCUT2D eigenvalue weighted by atomic mass is 79.9. The maximum atomic E-state index is 10.5. The van der Waals surface area contributed by atoms with Crippen LogP contribution >= 0.6 is 15.9 Å². The molecule has 0 aliphatic heterocycles. The van der Waals surface area contributed by atoms with Gasteiger partial charge in [0, 0.05) is 6.92 Å². The Morgan fingerprint density at radius 3 is 3.00 bits per heavy atom. The van der Waals surface area contributed by atoms with Gasteiger partial charge in [-0.3, -0.25) is 4.79 Å². The molecule has 1 radical (unpaired) electrons. The quantitative estimate of drug-likeness (QED) is 0.529. The SMILES string of the molecule is CC(=O)Oc1cc[c]cc1Br. The molecule has 3 heteroatoms. The van der Waals surface area contributed by atoms with E-state index in [0.717, 1.165) is 4.47 Å². The van der Waals surface area contributed by atoms with Crippen molar-refractivity contribution in [2.45, 2.75) is 6.92 Å². The Hall–Kier alpha value is -0.830. The summed E-state index contributed by atoms with van der Waals surface area (Å²) in [6, 6.07) is 7.88. The topological polar surface area (TPSA) is 26.3 Å². The third-order valence-electron chi connectivity index (χ3n) is 1.03. The van der Waals surface area contributed by atoms with Crippen LogP contribution in [0, 0.1) is 6.07 Å². The second-order valence-electron chi connectivity index (χ2n) is 1.95. The number of hydrogen-bond acceptors (Lipinski definition) is 2. The molecule has 0 aliphatic rings. The predicted molar refractivity (Wildman–Crippen MR) is 44.3 cm³/mol. The summed E-state index contributed by atoms with van der Waals surface area (Å²) >= 11 is 3.22. The van der Waals surface area contributed by atoms with E-state index in [1.54, 1.807) is 18.2 Å². The van der Waals surface area contributed by atoms with Crippen LogP contribution in [0.3, 0.4) is 0 Å². The normalized spacial score (nSPS) is 9.27. The fourth-order valence-corrected chi connectivity index (χ4v) is 0.979. The standard InChI is InChI=1S/C8H6BrO2/c1-6(10)11-8-5-3-2-4-7(8)9/h3-5H,1H3. The minimum Gasteiger partial charge on any atom is -0.426 e. The Kier molecular flexibility index (Phi) is 2.65. The molecular weight excluding hydrogens is 208 g/mol. The number of carbonyl (C=O) groups excluding carboxylic acids is 1. The molecule has 0 heterocycles. The molecule has 0 fully saturated rings. The fraction of sp³-hybridized carbons (Fsp3) is 0.125. The van der Waals surface area contributed by atoms with Crippen LogP contribution in [0.4, 0.5) is 0 Å².